The first-order valence-electron chi connectivity index (χ1n) is 9.14. The molecule has 0 saturated carbocycles. The van der Waals surface area contributed by atoms with E-state index in [9.17, 15) is 9.59 Å². The summed E-state index contributed by atoms with van der Waals surface area (Å²) < 4.78 is 5.14. The normalized spacial score (nSPS) is 15.2. The van der Waals surface area contributed by atoms with Gasteiger partial charge in [-0.3, -0.25) is 14.5 Å². The number of nitrogens with one attached hydrogen (secondary N) is 1. The first-order valence-corrected chi connectivity index (χ1v) is 9.14. The van der Waals surface area contributed by atoms with E-state index in [1.165, 1.54) is 0 Å². The van der Waals surface area contributed by atoms with Gasteiger partial charge in [0, 0.05) is 43.3 Å². The second-order valence-corrected chi connectivity index (χ2v) is 7.01. The van der Waals surface area contributed by atoms with Crippen molar-refractivity contribution in [3.8, 4) is 11.5 Å². The van der Waals surface area contributed by atoms with Crippen LogP contribution in [-0.4, -0.2) is 70.5 Å². The zero-order valence-corrected chi connectivity index (χ0v) is 15.9. The van der Waals surface area contributed by atoms with Crippen LogP contribution in [0.3, 0.4) is 0 Å². The van der Waals surface area contributed by atoms with Gasteiger partial charge in [-0.2, -0.15) is 4.98 Å². The van der Waals surface area contributed by atoms with E-state index < -0.39 is 0 Å². The highest BCUT2D eigenvalue weighted by Crippen LogP contribution is 2.18. The molecule has 8 heteroatoms. The molecule has 0 atom stereocenters. The van der Waals surface area contributed by atoms with E-state index in [0.29, 0.717) is 50.0 Å². The highest BCUT2D eigenvalue weighted by atomic mass is 16.5. The number of carbonyl (C=O) groups excluding carboxylic acids is 2. The summed E-state index contributed by atoms with van der Waals surface area (Å²) in [5.41, 5.74) is 1.41. The van der Waals surface area contributed by atoms with Gasteiger partial charge in [-0.15, -0.1) is 0 Å². The SMILES string of the molecule is Cc1noc(-c2ccc(C(=O)N3CCN(CC(=O)NC(C)C)CC3)cc2)n1. The van der Waals surface area contributed by atoms with E-state index in [1.807, 2.05) is 30.9 Å². The highest BCUT2D eigenvalue weighted by molar-refractivity contribution is 5.94. The van der Waals surface area contributed by atoms with Gasteiger partial charge < -0.3 is 14.7 Å². The quantitative estimate of drug-likeness (QED) is 0.853. The van der Waals surface area contributed by atoms with Gasteiger partial charge in [-0.1, -0.05) is 5.16 Å². The number of carbonyl (C=O) groups is 2. The van der Waals surface area contributed by atoms with Crippen LogP contribution in [0.15, 0.2) is 28.8 Å². The molecule has 1 aliphatic rings. The van der Waals surface area contributed by atoms with Crippen molar-refractivity contribution in [1.82, 2.24) is 25.3 Å². The van der Waals surface area contributed by atoms with Crippen molar-refractivity contribution in [3.05, 3.63) is 35.7 Å². The van der Waals surface area contributed by atoms with Gasteiger partial charge in [0.05, 0.1) is 6.54 Å². The second kappa shape index (κ2) is 8.30. The summed E-state index contributed by atoms with van der Waals surface area (Å²) >= 11 is 0. The first kappa shape index (κ1) is 19.0. The van der Waals surface area contributed by atoms with Gasteiger partial charge in [0.15, 0.2) is 5.82 Å². The summed E-state index contributed by atoms with van der Waals surface area (Å²) in [7, 11) is 0. The predicted molar refractivity (Wildman–Crippen MR) is 100 cm³/mol. The van der Waals surface area contributed by atoms with Crippen molar-refractivity contribution >= 4 is 11.8 Å². The lowest BCUT2D eigenvalue weighted by Gasteiger charge is -2.34. The standard InChI is InChI=1S/C19H25N5O3/c1-13(2)20-17(25)12-23-8-10-24(11-9-23)19(26)16-6-4-15(5-7-16)18-21-14(3)22-27-18/h4-7,13H,8-12H2,1-3H3,(H,20,25). The van der Waals surface area contributed by atoms with Crippen LogP contribution in [0.5, 0.6) is 0 Å². The number of amides is 2. The monoisotopic (exact) mass is 371 g/mol. The maximum Gasteiger partial charge on any atom is 0.257 e. The molecular weight excluding hydrogens is 346 g/mol. The van der Waals surface area contributed by atoms with Crippen molar-refractivity contribution in [1.29, 1.82) is 0 Å². The molecule has 8 nitrogen and oxygen atoms in total. The Hall–Kier alpha value is -2.74. The molecule has 0 unspecified atom stereocenters. The molecule has 1 N–H and O–H groups in total. The lowest BCUT2D eigenvalue weighted by molar-refractivity contribution is -0.123. The molecule has 1 aromatic heterocycles. The number of aryl methyl sites for hydroxylation is 1. The molecule has 0 radical (unpaired) electrons. The highest BCUT2D eigenvalue weighted by Gasteiger charge is 2.23. The minimum atomic E-state index is -0.00505. The molecular formula is C19H25N5O3. The van der Waals surface area contributed by atoms with E-state index in [1.54, 1.807) is 19.1 Å². The van der Waals surface area contributed by atoms with Crippen molar-refractivity contribution < 1.29 is 14.1 Å². The van der Waals surface area contributed by atoms with Crippen LogP contribution in [0.25, 0.3) is 11.5 Å². The fourth-order valence-corrected chi connectivity index (χ4v) is 3.03. The Labute approximate surface area is 158 Å². The van der Waals surface area contributed by atoms with E-state index in [2.05, 4.69) is 20.4 Å². The predicted octanol–water partition coefficient (Wildman–Crippen LogP) is 1.33. The second-order valence-electron chi connectivity index (χ2n) is 7.01. The number of rotatable bonds is 5. The third-order valence-electron chi connectivity index (χ3n) is 4.38. The number of nitrogens with zero attached hydrogens (tertiary/aromatic N) is 4. The first-order chi connectivity index (χ1) is 12.9. The zero-order chi connectivity index (χ0) is 19.4. The fraction of sp³-hybridized carbons (Fsp3) is 0.474. The average Bonchev–Trinajstić information content (AvgIpc) is 3.07. The number of benzene rings is 1. The number of piperazine rings is 1. The molecule has 1 fully saturated rings. The van der Waals surface area contributed by atoms with Gasteiger partial charge in [0.25, 0.3) is 11.8 Å². The number of hydrogen-bond donors (Lipinski definition) is 1. The van der Waals surface area contributed by atoms with E-state index in [4.69, 9.17) is 4.52 Å². The van der Waals surface area contributed by atoms with Gasteiger partial charge >= 0.3 is 0 Å². The van der Waals surface area contributed by atoms with Crippen molar-refractivity contribution in [2.75, 3.05) is 32.7 Å². The van der Waals surface area contributed by atoms with Crippen LogP contribution >= 0.6 is 0 Å². The summed E-state index contributed by atoms with van der Waals surface area (Å²) in [5.74, 6) is 1.04. The molecule has 144 valence electrons. The Kier molecular flexibility index (Phi) is 5.85. The van der Waals surface area contributed by atoms with Crippen LogP contribution in [0.1, 0.15) is 30.0 Å². The van der Waals surface area contributed by atoms with Crippen LogP contribution in [0, 0.1) is 6.92 Å². The molecule has 2 heterocycles. The van der Waals surface area contributed by atoms with Crippen molar-refractivity contribution in [2.24, 2.45) is 0 Å². The lowest BCUT2D eigenvalue weighted by atomic mass is 10.1. The number of aromatic nitrogens is 2. The molecule has 0 bridgehead atoms. The minimum Gasteiger partial charge on any atom is -0.353 e. The fourth-order valence-electron chi connectivity index (χ4n) is 3.03. The Morgan fingerprint density at radius 3 is 2.37 bits per heavy atom. The Bertz CT molecular complexity index is 792. The average molecular weight is 371 g/mol. The molecule has 0 aliphatic carbocycles. The van der Waals surface area contributed by atoms with Crippen molar-refractivity contribution in [3.63, 3.8) is 0 Å². The topological polar surface area (TPSA) is 91.6 Å². The number of hydrogen-bond acceptors (Lipinski definition) is 6. The Morgan fingerprint density at radius 1 is 1.15 bits per heavy atom. The van der Waals surface area contributed by atoms with Crippen LogP contribution in [0.2, 0.25) is 0 Å². The van der Waals surface area contributed by atoms with Crippen LogP contribution in [0.4, 0.5) is 0 Å². The summed E-state index contributed by atoms with van der Waals surface area (Å²) in [6.07, 6.45) is 0. The summed E-state index contributed by atoms with van der Waals surface area (Å²) in [6.45, 7) is 8.62. The summed E-state index contributed by atoms with van der Waals surface area (Å²) in [5, 5.41) is 6.66. The van der Waals surface area contributed by atoms with Gasteiger partial charge in [0.2, 0.25) is 5.91 Å². The maximum absolute atomic E-state index is 12.7. The molecule has 27 heavy (non-hydrogen) atoms. The Balaban J connectivity index is 1.54. The third-order valence-corrected chi connectivity index (χ3v) is 4.38. The lowest BCUT2D eigenvalue weighted by Crippen LogP contribution is -2.51. The molecule has 2 aromatic rings. The van der Waals surface area contributed by atoms with Gasteiger partial charge in [0.1, 0.15) is 0 Å². The molecule has 0 spiro atoms. The van der Waals surface area contributed by atoms with E-state index in [0.717, 1.165) is 5.56 Å². The minimum absolute atomic E-state index is 0.00505. The summed E-state index contributed by atoms with van der Waals surface area (Å²) in [6, 6.07) is 7.32. The molecule has 1 saturated heterocycles. The van der Waals surface area contributed by atoms with Crippen molar-refractivity contribution in [2.45, 2.75) is 26.8 Å². The largest absolute Gasteiger partial charge is 0.353 e. The molecule has 3 rings (SSSR count). The molecule has 1 aliphatic heterocycles. The molecule has 2 amide bonds. The van der Waals surface area contributed by atoms with E-state index in [-0.39, 0.29) is 17.9 Å². The summed E-state index contributed by atoms with van der Waals surface area (Å²) in [4.78, 5) is 32.6. The van der Waals surface area contributed by atoms with E-state index >= 15 is 0 Å². The van der Waals surface area contributed by atoms with Gasteiger partial charge in [-0.05, 0) is 45.0 Å². The maximum atomic E-state index is 12.7. The molecule has 1 aromatic carbocycles. The Morgan fingerprint density at radius 2 is 1.81 bits per heavy atom. The zero-order valence-electron chi connectivity index (χ0n) is 15.9. The van der Waals surface area contributed by atoms with Gasteiger partial charge in [-0.25, -0.2) is 0 Å². The van der Waals surface area contributed by atoms with Crippen LogP contribution < -0.4 is 5.32 Å². The van der Waals surface area contributed by atoms with Crippen LogP contribution in [-0.2, 0) is 4.79 Å². The smallest absolute Gasteiger partial charge is 0.257 e. The third kappa shape index (κ3) is 4.91.